The second-order valence-corrected chi connectivity index (χ2v) is 7.61. The van der Waals surface area contributed by atoms with Gasteiger partial charge in [-0.2, -0.15) is 0 Å². The van der Waals surface area contributed by atoms with Gasteiger partial charge in [-0.05, 0) is 43.0 Å². The molecule has 28 heavy (non-hydrogen) atoms. The second kappa shape index (κ2) is 8.19. The van der Waals surface area contributed by atoms with Crippen molar-refractivity contribution in [1.82, 2.24) is 9.88 Å². The smallest absolute Gasteiger partial charge is 0.223 e. The molecule has 0 radical (unpaired) electrons. The van der Waals surface area contributed by atoms with Crippen LogP contribution in [-0.4, -0.2) is 22.3 Å². The Morgan fingerprint density at radius 2 is 2.00 bits per heavy atom. The normalized spacial score (nSPS) is 16.5. The Morgan fingerprint density at radius 1 is 1.21 bits per heavy atom. The fourth-order valence-corrected chi connectivity index (χ4v) is 4.15. The number of aromatic nitrogens is 1. The summed E-state index contributed by atoms with van der Waals surface area (Å²) in [7, 11) is 0. The highest BCUT2D eigenvalue weighted by Gasteiger charge is 2.30. The Kier molecular flexibility index (Phi) is 5.49. The predicted molar refractivity (Wildman–Crippen MR) is 110 cm³/mol. The van der Waals surface area contributed by atoms with Crippen LogP contribution in [0.15, 0.2) is 59.1 Å². The van der Waals surface area contributed by atoms with Crippen LogP contribution in [0.1, 0.15) is 42.3 Å². The third-order valence-electron chi connectivity index (χ3n) is 5.37. The molecule has 4 rings (SSSR count). The van der Waals surface area contributed by atoms with Gasteiger partial charge in [-0.1, -0.05) is 48.0 Å². The fourth-order valence-electron chi connectivity index (χ4n) is 3.92. The Morgan fingerprint density at radius 3 is 2.82 bits per heavy atom. The number of halogens is 1. The van der Waals surface area contributed by atoms with Crippen molar-refractivity contribution in [2.75, 3.05) is 6.54 Å². The lowest BCUT2D eigenvalue weighted by molar-refractivity contribution is -0.132. The molecular weight excluding hydrogens is 372 g/mol. The minimum Gasteiger partial charge on any atom is -0.441 e. The molecule has 0 N–H and O–H groups in total. The lowest BCUT2D eigenvalue weighted by atomic mass is 9.99. The fraction of sp³-hybridized carbons (Fsp3) is 0.304. The summed E-state index contributed by atoms with van der Waals surface area (Å²) in [5.74, 6) is 1.35. The molecule has 1 aliphatic rings. The lowest BCUT2D eigenvalue weighted by Crippen LogP contribution is -2.31. The summed E-state index contributed by atoms with van der Waals surface area (Å²) in [6, 6.07) is 16.0. The van der Waals surface area contributed by atoms with Crippen molar-refractivity contribution in [2.24, 2.45) is 0 Å². The average Bonchev–Trinajstić information content (AvgIpc) is 3.37. The molecule has 0 saturated carbocycles. The Labute approximate surface area is 170 Å². The van der Waals surface area contributed by atoms with Crippen LogP contribution < -0.4 is 0 Å². The van der Waals surface area contributed by atoms with Crippen molar-refractivity contribution < 1.29 is 9.21 Å². The first-order valence-corrected chi connectivity index (χ1v) is 10.1. The highest BCUT2D eigenvalue weighted by atomic mass is 35.5. The molecule has 0 spiro atoms. The zero-order valence-electron chi connectivity index (χ0n) is 15.9. The van der Waals surface area contributed by atoms with Gasteiger partial charge < -0.3 is 9.32 Å². The Bertz CT molecular complexity index is 982. The van der Waals surface area contributed by atoms with Crippen molar-refractivity contribution in [3.05, 3.63) is 76.8 Å². The number of amides is 1. The van der Waals surface area contributed by atoms with Crippen LogP contribution in [0.3, 0.4) is 0 Å². The SMILES string of the molecule is Cc1ccccc1C1CCCN1C(=O)CCc1ncc(-c2ccccc2Cl)o1. The van der Waals surface area contributed by atoms with E-state index in [0.29, 0.717) is 29.5 Å². The third-order valence-corrected chi connectivity index (χ3v) is 5.70. The zero-order chi connectivity index (χ0) is 19.5. The van der Waals surface area contributed by atoms with E-state index in [1.54, 1.807) is 6.20 Å². The molecule has 1 fully saturated rings. The van der Waals surface area contributed by atoms with Gasteiger partial charge >= 0.3 is 0 Å². The molecule has 0 bridgehead atoms. The first-order chi connectivity index (χ1) is 13.6. The van der Waals surface area contributed by atoms with E-state index < -0.39 is 0 Å². The van der Waals surface area contributed by atoms with Crippen molar-refractivity contribution in [2.45, 2.75) is 38.6 Å². The number of carbonyl (C=O) groups excluding carboxylic acids is 1. The highest BCUT2D eigenvalue weighted by Crippen LogP contribution is 2.34. The summed E-state index contributed by atoms with van der Waals surface area (Å²) in [6.07, 6.45) is 4.62. The molecule has 0 aliphatic carbocycles. The van der Waals surface area contributed by atoms with Crippen molar-refractivity contribution in [3.63, 3.8) is 0 Å². The molecule has 5 heteroatoms. The van der Waals surface area contributed by atoms with E-state index in [1.807, 2.05) is 41.3 Å². The second-order valence-electron chi connectivity index (χ2n) is 7.20. The molecule has 1 aromatic heterocycles. The van der Waals surface area contributed by atoms with E-state index in [0.717, 1.165) is 24.9 Å². The van der Waals surface area contributed by atoms with Gasteiger partial charge in [0.25, 0.3) is 0 Å². The number of oxazole rings is 1. The highest BCUT2D eigenvalue weighted by molar-refractivity contribution is 6.33. The van der Waals surface area contributed by atoms with Crippen LogP contribution in [-0.2, 0) is 11.2 Å². The quantitative estimate of drug-likeness (QED) is 0.565. The summed E-state index contributed by atoms with van der Waals surface area (Å²) in [5, 5.41) is 0.624. The maximum Gasteiger partial charge on any atom is 0.223 e. The number of aryl methyl sites for hydroxylation is 2. The average molecular weight is 395 g/mol. The largest absolute Gasteiger partial charge is 0.441 e. The van der Waals surface area contributed by atoms with E-state index >= 15 is 0 Å². The van der Waals surface area contributed by atoms with Crippen molar-refractivity contribution in [3.8, 4) is 11.3 Å². The number of hydrogen-bond acceptors (Lipinski definition) is 3. The van der Waals surface area contributed by atoms with Crippen LogP contribution in [0.25, 0.3) is 11.3 Å². The maximum atomic E-state index is 12.9. The monoisotopic (exact) mass is 394 g/mol. The number of nitrogens with zero attached hydrogens (tertiary/aromatic N) is 2. The number of carbonyl (C=O) groups is 1. The van der Waals surface area contributed by atoms with Gasteiger partial charge in [0.15, 0.2) is 11.7 Å². The molecule has 2 aromatic carbocycles. The first kappa shape index (κ1) is 18.8. The van der Waals surface area contributed by atoms with Gasteiger partial charge in [-0.25, -0.2) is 4.98 Å². The van der Waals surface area contributed by atoms with Crippen LogP contribution in [0.2, 0.25) is 5.02 Å². The molecule has 1 amide bonds. The van der Waals surface area contributed by atoms with Gasteiger partial charge in [-0.3, -0.25) is 4.79 Å². The molecule has 144 valence electrons. The van der Waals surface area contributed by atoms with Crippen molar-refractivity contribution >= 4 is 17.5 Å². The van der Waals surface area contributed by atoms with Gasteiger partial charge in [0.1, 0.15) is 0 Å². The summed E-state index contributed by atoms with van der Waals surface area (Å²) in [4.78, 5) is 19.2. The van der Waals surface area contributed by atoms with E-state index in [4.69, 9.17) is 16.0 Å². The molecule has 1 aliphatic heterocycles. The van der Waals surface area contributed by atoms with Gasteiger partial charge in [-0.15, -0.1) is 0 Å². The number of hydrogen-bond donors (Lipinski definition) is 0. The molecule has 1 saturated heterocycles. The van der Waals surface area contributed by atoms with Crippen LogP contribution in [0, 0.1) is 6.92 Å². The molecule has 4 nitrogen and oxygen atoms in total. The number of rotatable bonds is 5. The van der Waals surface area contributed by atoms with Gasteiger partial charge in [0.05, 0.1) is 17.3 Å². The van der Waals surface area contributed by atoms with E-state index in [1.165, 1.54) is 11.1 Å². The predicted octanol–water partition coefficient (Wildman–Crippen LogP) is 5.60. The lowest BCUT2D eigenvalue weighted by Gasteiger charge is -2.26. The standard InChI is InChI=1S/C23H23ClN2O2/c1-16-7-2-3-8-17(16)20-11-6-14-26(20)23(27)13-12-22-25-15-21(28-22)18-9-4-5-10-19(18)24/h2-5,7-10,15,20H,6,11-14H2,1H3. The molecule has 2 heterocycles. The topological polar surface area (TPSA) is 46.3 Å². The van der Waals surface area contributed by atoms with Crippen LogP contribution >= 0.6 is 11.6 Å². The van der Waals surface area contributed by atoms with E-state index in [9.17, 15) is 4.79 Å². The summed E-state index contributed by atoms with van der Waals surface area (Å²) >= 11 is 6.22. The maximum absolute atomic E-state index is 12.9. The molecular formula is C23H23ClN2O2. The minimum absolute atomic E-state index is 0.156. The van der Waals surface area contributed by atoms with E-state index in [-0.39, 0.29) is 11.9 Å². The van der Waals surface area contributed by atoms with Gasteiger partial charge in [0, 0.05) is 24.9 Å². The summed E-state index contributed by atoms with van der Waals surface area (Å²) in [6.45, 7) is 2.92. The van der Waals surface area contributed by atoms with Crippen LogP contribution in [0.4, 0.5) is 0 Å². The van der Waals surface area contributed by atoms with Crippen LogP contribution in [0.5, 0.6) is 0 Å². The summed E-state index contributed by atoms with van der Waals surface area (Å²) < 4.78 is 5.83. The number of benzene rings is 2. The van der Waals surface area contributed by atoms with Crippen molar-refractivity contribution in [1.29, 1.82) is 0 Å². The first-order valence-electron chi connectivity index (χ1n) is 9.68. The number of likely N-dealkylation sites (tertiary alicyclic amines) is 1. The Balaban J connectivity index is 1.42. The third kappa shape index (κ3) is 3.83. The summed E-state index contributed by atoms with van der Waals surface area (Å²) in [5.41, 5.74) is 3.31. The van der Waals surface area contributed by atoms with E-state index in [2.05, 4.69) is 24.0 Å². The van der Waals surface area contributed by atoms with Gasteiger partial charge in [0.2, 0.25) is 5.91 Å². The molecule has 3 aromatic rings. The molecule has 1 atom stereocenters. The Hall–Kier alpha value is -2.59. The minimum atomic E-state index is 0.156. The zero-order valence-corrected chi connectivity index (χ0v) is 16.7. The molecule has 1 unspecified atom stereocenters.